The summed E-state index contributed by atoms with van der Waals surface area (Å²) in [5, 5.41) is 3.28. The Kier molecular flexibility index (Phi) is 4.98. The van der Waals surface area contributed by atoms with Gasteiger partial charge in [-0.2, -0.15) is 0 Å². The molecule has 0 bridgehead atoms. The number of aryl methyl sites for hydroxylation is 1. The average Bonchev–Trinajstić information content (AvgIpc) is 3.13. The van der Waals surface area contributed by atoms with Gasteiger partial charge in [0, 0.05) is 32.8 Å². The van der Waals surface area contributed by atoms with Crippen LogP contribution in [0.15, 0.2) is 53.3 Å². The van der Waals surface area contributed by atoms with Crippen molar-refractivity contribution in [3.63, 3.8) is 0 Å². The van der Waals surface area contributed by atoms with Gasteiger partial charge in [0.15, 0.2) is 0 Å². The van der Waals surface area contributed by atoms with Crippen LogP contribution in [0.4, 0.5) is 20.4 Å². The van der Waals surface area contributed by atoms with Crippen molar-refractivity contribution in [1.82, 2.24) is 9.97 Å². The Bertz CT molecular complexity index is 1370. The van der Waals surface area contributed by atoms with Crippen LogP contribution in [0, 0.1) is 23.3 Å². The molecule has 1 aromatic carbocycles. The van der Waals surface area contributed by atoms with Crippen LogP contribution in [0.1, 0.15) is 11.3 Å². The molecule has 3 heterocycles. The number of furan rings is 1. The topological polar surface area (TPSA) is 91.9 Å². The third-order valence-electron chi connectivity index (χ3n) is 4.42. The fourth-order valence-corrected chi connectivity index (χ4v) is 4.09. The van der Waals surface area contributed by atoms with Crippen LogP contribution >= 0.6 is 0 Å². The Morgan fingerprint density at radius 2 is 1.90 bits per heavy atom. The molecule has 4 aromatic rings. The molecule has 2 N–H and O–H groups in total. The second-order valence-corrected chi connectivity index (χ2v) is 9.38. The van der Waals surface area contributed by atoms with Crippen molar-refractivity contribution in [2.24, 2.45) is 0 Å². The molecule has 0 radical (unpaired) electrons. The summed E-state index contributed by atoms with van der Waals surface area (Å²) in [5.74, 6) is -0.181. The number of nitrogens with zero attached hydrogens (tertiary/aromatic N) is 2. The quantitative estimate of drug-likeness (QED) is 0.444. The minimum absolute atomic E-state index is 0.0964. The lowest BCUT2D eigenvalue weighted by atomic mass is 10.0. The van der Waals surface area contributed by atoms with Crippen molar-refractivity contribution in [1.29, 1.82) is 4.78 Å². The molecule has 1 unspecified atom stereocenters. The summed E-state index contributed by atoms with van der Waals surface area (Å²) in [4.78, 5) is 8.42. The number of rotatable bonds is 5. The first-order chi connectivity index (χ1) is 14.2. The molecule has 0 aliphatic rings. The molecule has 4 rings (SSSR count). The molecule has 6 nitrogen and oxygen atoms in total. The molecule has 0 spiro atoms. The van der Waals surface area contributed by atoms with Gasteiger partial charge in [0.2, 0.25) is 0 Å². The van der Waals surface area contributed by atoms with E-state index in [9.17, 15) is 13.0 Å². The molecule has 1 atom stereocenters. The normalized spacial score (nSPS) is 13.3. The first-order valence-electron chi connectivity index (χ1n) is 8.97. The lowest BCUT2D eigenvalue weighted by Crippen LogP contribution is -2.03. The molecule has 30 heavy (non-hydrogen) atoms. The maximum absolute atomic E-state index is 14.5. The van der Waals surface area contributed by atoms with E-state index in [2.05, 4.69) is 15.3 Å². The van der Waals surface area contributed by atoms with Crippen LogP contribution < -0.4 is 5.32 Å². The van der Waals surface area contributed by atoms with Crippen LogP contribution in [-0.2, 0) is 15.5 Å². The maximum Gasteiger partial charge on any atom is 0.149 e. The van der Waals surface area contributed by atoms with Crippen LogP contribution in [0.5, 0.6) is 0 Å². The summed E-state index contributed by atoms with van der Waals surface area (Å²) >= 11 is 0. The Labute approximate surface area is 172 Å². The van der Waals surface area contributed by atoms with E-state index in [1.165, 1.54) is 36.8 Å². The van der Waals surface area contributed by atoms with Gasteiger partial charge in [-0.3, -0.25) is 4.78 Å². The summed E-state index contributed by atoms with van der Waals surface area (Å²) in [7, 11) is -2.71. The van der Waals surface area contributed by atoms with Gasteiger partial charge < -0.3 is 9.73 Å². The van der Waals surface area contributed by atoms with Crippen molar-refractivity contribution in [2.45, 2.75) is 12.7 Å². The van der Waals surface area contributed by atoms with Crippen LogP contribution in [0.25, 0.3) is 22.1 Å². The molecule has 0 fully saturated rings. The van der Waals surface area contributed by atoms with Crippen molar-refractivity contribution in [2.75, 3.05) is 11.6 Å². The summed E-state index contributed by atoms with van der Waals surface area (Å²) in [6, 6.07) is 9.14. The smallest absolute Gasteiger partial charge is 0.149 e. The van der Waals surface area contributed by atoms with E-state index < -0.39 is 21.4 Å². The predicted molar refractivity (Wildman–Crippen MR) is 112 cm³/mol. The number of fused-ring (bicyclic) bond motifs is 1. The van der Waals surface area contributed by atoms with Crippen molar-refractivity contribution >= 4 is 32.3 Å². The highest BCUT2D eigenvalue weighted by Gasteiger charge is 2.16. The van der Waals surface area contributed by atoms with E-state index in [1.54, 1.807) is 19.1 Å². The molecule has 0 amide bonds. The van der Waals surface area contributed by atoms with Gasteiger partial charge in [-0.15, -0.1) is 0 Å². The maximum atomic E-state index is 14.5. The lowest BCUT2D eigenvalue weighted by Gasteiger charge is -2.11. The number of hydrogen-bond acceptors (Lipinski definition) is 6. The molecule has 9 heteroatoms. The largest absolute Gasteiger partial charge is 0.464 e. The molecular weight excluding hydrogens is 410 g/mol. The predicted octanol–water partition coefficient (Wildman–Crippen LogP) is 5.40. The van der Waals surface area contributed by atoms with Gasteiger partial charge in [0.05, 0.1) is 23.6 Å². The number of nitrogens with one attached hydrogen (secondary N) is 2. The summed E-state index contributed by atoms with van der Waals surface area (Å²) in [5.41, 5.74) is 2.22. The number of pyridine rings is 2. The Balaban J connectivity index is 1.73. The Morgan fingerprint density at radius 1 is 1.10 bits per heavy atom. The summed E-state index contributed by atoms with van der Waals surface area (Å²) in [6.07, 6.45) is 3.79. The van der Waals surface area contributed by atoms with Crippen molar-refractivity contribution in [3.05, 3.63) is 71.8 Å². The van der Waals surface area contributed by atoms with Gasteiger partial charge in [-0.05, 0) is 48.9 Å². The third-order valence-corrected chi connectivity index (χ3v) is 5.30. The van der Waals surface area contributed by atoms with Crippen LogP contribution in [0.2, 0.25) is 0 Å². The summed E-state index contributed by atoms with van der Waals surface area (Å²) in [6.45, 7) is 1.78. The van der Waals surface area contributed by atoms with Gasteiger partial charge in [-0.1, -0.05) is 0 Å². The molecule has 154 valence electrons. The van der Waals surface area contributed by atoms with Crippen LogP contribution in [0.3, 0.4) is 0 Å². The Morgan fingerprint density at radius 3 is 2.67 bits per heavy atom. The zero-order valence-corrected chi connectivity index (χ0v) is 17.0. The van der Waals surface area contributed by atoms with E-state index in [0.29, 0.717) is 28.5 Å². The molecule has 3 aromatic heterocycles. The van der Waals surface area contributed by atoms with E-state index in [0.717, 1.165) is 6.20 Å². The van der Waals surface area contributed by atoms with Gasteiger partial charge in [-0.25, -0.2) is 23.0 Å². The second-order valence-electron chi connectivity index (χ2n) is 7.08. The minimum atomic E-state index is -2.71. The molecule has 0 saturated carbocycles. The molecule has 0 aliphatic carbocycles. The molecular formula is C21H18F2N4O2S. The van der Waals surface area contributed by atoms with Gasteiger partial charge in [0.1, 0.15) is 28.9 Å². The number of aromatic nitrogens is 2. The summed E-state index contributed by atoms with van der Waals surface area (Å²) < 4.78 is 53.3. The highest BCUT2D eigenvalue weighted by Crippen LogP contribution is 2.33. The number of benzene rings is 1. The fourth-order valence-electron chi connectivity index (χ4n) is 3.29. The highest BCUT2D eigenvalue weighted by atomic mass is 32.2. The van der Waals surface area contributed by atoms with Crippen LogP contribution in [-0.4, -0.2) is 20.4 Å². The number of anilines is 2. The van der Waals surface area contributed by atoms with E-state index in [1.807, 2.05) is 0 Å². The minimum Gasteiger partial charge on any atom is -0.464 e. The van der Waals surface area contributed by atoms with E-state index in [4.69, 9.17) is 9.20 Å². The van der Waals surface area contributed by atoms with Crippen molar-refractivity contribution < 1.29 is 17.4 Å². The molecule has 0 saturated heterocycles. The number of halogens is 2. The molecule has 0 aliphatic heterocycles. The SMILES string of the molecule is Cc1cc(CS(C)(=N)=O)cc(Nc2cc(-c3ccc(F)c4ccoc34)c(F)cn2)n1. The third kappa shape index (κ3) is 4.16. The lowest BCUT2D eigenvalue weighted by molar-refractivity contribution is 0.607. The second kappa shape index (κ2) is 7.49. The zero-order valence-electron chi connectivity index (χ0n) is 16.2. The zero-order chi connectivity index (χ0) is 21.5. The first kappa shape index (κ1) is 20.0. The Hall–Kier alpha value is -3.33. The monoisotopic (exact) mass is 428 g/mol. The van der Waals surface area contributed by atoms with Crippen molar-refractivity contribution in [3.8, 4) is 11.1 Å². The average molecular weight is 428 g/mol. The van der Waals surface area contributed by atoms with Gasteiger partial charge in [0.25, 0.3) is 0 Å². The van der Waals surface area contributed by atoms with Gasteiger partial charge >= 0.3 is 0 Å². The highest BCUT2D eigenvalue weighted by molar-refractivity contribution is 7.90. The number of hydrogen-bond donors (Lipinski definition) is 2. The fraction of sp³-hybridized carbons (Fsp3) is 0.143. The first-order valence-corrected chi connectivity index (χ1v) is 11.1. The van der Waals surface area contributed by atoms with E-state index >= 15 is 0 Å². The van der Waals surface area contributed by atoms with E-state index in [-0.39, 0.29) is 22.3 Å². The standard InChI is InChI=1S/C21H18F2N4O2S/c1-12-7-13(11-30(2,24)28)8-20(26-12)27-19-9-16(18(23)10-25-19)14-3-4-17(22)15-5-6-29-21(14)15/h3-10,24H,11H2,1-2H3,(H,25,26,27).